The molecule has 0 aliphatic carbocycles. The fourth-order valence-electron chi connectivity index (χ4n) is 2.08. The van der Waals surface area contributed by atoms with Crippen molar-refractivity contribution in [2.24, 2.45) is 5.73 Å². The quantitative estimate of drug-likeness (QED) is 0.801. The number of benzene rings is 1. The van der Waals surface area contributed by atoms with Crippen molar-refractivity contribution in [3.8, 4) is 0 Å². The van der Waals surface area contributed by atoms with Gasteiger partial charge in [-0.15, -0.1) is 0 Å². The van der Waals surface area contributed by atoms with Gasteiger partial charge in [0.05, 0.1) is 0 Å². The Bertz CT molecular complexity index is 325. The van der Waals surface area contributed by atoms with Crippen LogP contribution in [-0.2, 0) is 6.54 Å². The van der Waals surface area contributed by atoms with Crippen molar-refractivity contribution >= 4 is 0 Å². The predicted octanol–water partition coefficient (Wildman–Crippen LogP) is 3.41. The van der Waals surface area contributed by atoms with E-state index in [0.29, 0.717) is 6.04 Å². The Labute approximate surface area is 112 Å². The Kier molecular flexibility index (Phi) is 5.83. The lowest BCUT2D eigenvalue weighted by atomic mass is 10.00. The van der Waals surface area contributed by atoms with Crippen molar-refractivity contribution in [2.45, 2.75) is 58.7 Å². The maximum absolute atomic E-state index is 6.03. The summed E-state index contributed by atoms with van der Waals surface area (Å²) in [7, 11) is 0. The van der Waals surface area contributed by atoms with E-state index in [-0.39, 0.29) is 5.54 Å². The molecule has 102 valence electrons. The maximum Gasteiger partial charge on any atom is 0.0236 e. The lowest BCUT2D eigenvalue weighted by Gasteiger charge is -2.28. The highest BCUT2D eigenvalue weighted by molar-refractivity contribution is 5.14. The monoisotopic (exact) mass is 248 g/mol. The van der Waals surface area contributed by atoms with Gasteiger partial charge in [-0.05, 0) is 52.6 Å². The molecule has 0 fully saturated rings. The van der Waals surface area contributed by atoms with Crippen molar-refractivity contribution in [3.63, 3.8) is 0 Å². The SMILES string of the molecule is CC(C)N(CCCC(C)(C)N)Cc1ccccc1. The Hall–Kier alpha value is -0.860. The molecular weight excluding hydrogens is 220 g/mol. The molecule has 2 heteroatoms. The standard InChI is InChI=1S/C16H28N2/c1-14(2)18(12-8-11-16(3,4)17)13-15-9-6-5-7-10-15/h5-7,9-10,14H,8,11-13,17H2,1-4H3. The topological polar surface area (TPSA) is 29.3 Å². The average Bonchev–Trinajstić information content (AvgIpc) is 2.27. The van der Waals surface area contributed by atoms with Crippen LogP contribution in [0.2, 0.25) is 0 Å². The third-order valence-corrected chi connectivity index (χ3v) is 3.23. The zero-order valence-electron chi connectivity index (χ0n) is 12.3. The summed E-state index contributed by atoms with van der Waals surface area (Å²) in [5.41, 5.74) is 7.37. The number of hydrogen-bond donors (Lipinski definition) is 1. The first kappa shape index (κ1) is 15.2. The van der Waals surface area contributed by atoms with Gasteiger partial charge >= 0.3 is 0 Å². The van der Waals surface area contributed by atoms with Crippen LogP contribution in [0.5, 0.6) is 0 Å². The van der Waals surface area contributed by atoms with Gasteiger partial charge in [-0.2, -0.15) is 0 Å². The van der Waals surface area contributed by atoms with E-state index in [4.69, 9.17) is 5.73 Å². The molecule has 0 amide bonds. The van der Waals surface area contributed by atoms with Gasteiger partial charge in [-0.3, -0.25) is 4.90 Å². The Morgan fingerprint density at radius 1 is 1.17 bits per heavy atom. The lowest BCUT2D eigenvalue weighted by molar-refractivity contribution is 0.203. The van der Waals surface area contributed by atoms with Crippen molar-refractivity contribution in [2.75, 3.05) is 6.54 Å². The van der Waals surface area contributed by atoms with Gasteiger partial charge in [0.15, 0.2) is 0 Å². The van der Waals surface area contributed by atoms with E-state index < -0.39 is 0 Å². The second kappa shape index (κ2) is 6.91. The second-order valence-corrected chi connectivity index (χ2v) is 6.14. The van der Waals surface area contributed by atoms with Crippen molar-refractivity contribution in [1.29, 1.82) is 0 Å². The first-order valence-electron chi connectivity index (χ1n) is 6.95. The molecule has 0 aromatic heterocycles. The molecule has 0 bridgehead atoms. The molecule has 0 spiro atoms. The molecule has 0 heterocycles. The highest BCUT2D eigenvalue weighted by atomic mass is 15.1. The summed E-state index contributed by atoms with van der Waals surface area (Å²) < 4.78 is 0. The normalized spacial score (nSPS) is 12.4. The van der Waals surface area contributed by atoms with Crippen LogP contribution in [0.15, 0.2) is 30.3 Å². The van der Waals surface area contributed by atoms with E-state index in [1.807, 2.05) is 0 Å². The Morgan fingerprint density at radius 2 is 1.78 bits per heavy atom. The highest BCUT2D eigenvalue weighted by Gasteiger charge is 2.13. The van der Waals surface area contributed by atoms with Crippen LogP contribution in [0, 0.1) is 0 Å². The van der Waals surface area contributed by atoms with E-state index in [1.165, 1.54) is 5.56 Å². The fraction of sp³-hybridized carbons (Fsp3) is 0.625. The van der Waals surface area contributed by atoms with E-state index in [1.54, 1.807) is 0 Å². The summed E-state index contributed by atoms with van der Waals surface area (Å²) >= 11 is 0. The van der Waals surface area contributed by atoms with Crippen LogP contribution in [0.3, 0.4) is 0 Å². The van der Waals surface area contributed by atoms with E-state index in [0.717, 1.165) is 25.9 Å². The van der Waals surface area contributed by atoms with Crippen LogP contribution in [0.1, 0.15) is 46.1 Å². The van der Waals surface area contributed by atoms with Gasteiger partial charge in [0.25, 0.3) is 0 Å². The molecule has 0 saturated carbocycles. The summed E-state index contributed by atoms with van der Waals surface area (Å²) in [4.78, 5) is 2.51. The second-order valence-electron chi connectivity index (χ2n) is 6.14. The smallest absolute Gasteiger partial charge is 0.0236 e. The van der Waals surface area contributed by atoms with Gasteiger partial charge in [0, 0.05) is 18.1 Å². The first-order chi connectivity index (χ1) is 8.38. The number of hydrogen-bond acceptors (Lipinski definition) is 2. The molecule has 1 aromatic rings. The number of rotatable bonds is 7. The summed E-state index contributed by atoms with van der Waals surface area (Å²) in [6.45, 7) is 10.9. The molecule has 1 rings (SSSR count). The van der Waals surface area contributed by atoms with Crippen LogP contribution in [0.4, 0.5) is 0 Å². The van der Waals surface area contributed by atoms with Gasteiger partial charge < -0.3 is 5.73 Å². The molecule has 0 aliphatic rings. The van der Waals surface area contributed by atoms with Crippen molar-refractivity contribution < 1.29 is 0 Å². The number of nitrogens with zero attached hydrogens (tertiary/aromatic N) is 1. The van der Waals surface area contributed by atoms with E-state index in [9.17, 15) is 0 Å². The highest BCUT2D eigenvalue weighted by Crippen LogP contribution is 2.12. The minimum absolute atomic E-state index is 0.0462. The molecule has 0 unspecified atom stereocenters. The average molecular weight is 248 g/mol. The predicted molar refractivity (Wildman–Crippen MR) is 79.5 cm³/mol. The number of nitrogens with two attached hydrogens (primary N) is 1. The van der Waals surface area contributed by atoms with Crippen LogP contribution in [0.25, 0.3) is 0 Å². The first-order valence-corrected chi connectivity index (χ1v) is 6.95. The van der Waals surface area contributed by atoms with Gasteiger partial charge in [0.2, 0.25) is 0 Å². The van der Waals surface area contributed by atoms with Crippen LogP contribution in [-0.4, -0.2) is 23.0 Å². The molecule has 2 N–H and O–H groups in total. The molecule has 0 radical (unpaired) electrons. The summed E-state index contributed by atoms with van der Waals surface area (Å²) in [6, 6.07) is 11.3. The summed E-state index contributed by atoms with van der Waals surface area (Å²) in [5, 5.41) is 0. The molecule has 18 heavy (non-hydrogen) atoms. The molecule has 0 atom stereocenters. The molecule has 0 saturated heterocycles. The zero-order chi connectivity index (χ0) is 13.6. The minimum atomic E-state index is -0.0462. The Morgan fingerprint density at radius 3 is 2.28 bits per heavy atom. The molecule has 1 aromatic carbocycles. The van der Waals surface area contributed by atoms with Gasteiger partial charge in [-0.1, -0.05) is 30.3 Å². The largest absolute Gasteiger partial charge is 0.326 e. The van der Waals surface area contributed by atoms with Crippen molar-refractivity contribution in [1.82, 2.24) is 4.90 Å². The fourth-order valence-corrected chi connectivity index (χ4v) is 2.08. The molecular formula is C16H28N2. The minimum Gasteiger partial charge on any atom is -0.326 e. The van der Waals surface area contributed by atoms with Gasteiger partial charge in [-0.25, -0.2) is 0 Å². The summed E-state index contributed by atoms with van der Waals surface area (Å²) in [6.07, 6.45) is 2.24. The Balaban J connectivity index is 2.46. The third-order valence-electron chi connectivity index (χ3n) is 3.23. The van der Waals surface area contributed by atoms with E-state index in [2.05, 4.69) is 62.9 Å². The zero-order valence-corrected chi connectivity index (χ0v) is 12.3. The lowest BCUT2D eigenvalue weighted by Crippen LogP contribution is -2.35. The maximum atomic E-state index is 6.03. The molecule has 2 nitrogen and oxygen atoms in total. The van der Waals surface area contributed by atoms with Gasteiger partial charge in [0.1, 0.15) is 0 Å². The summed E-state index contributed by atoms with van der Waals surface area (Å²) in [5.74, 6) is 0. The third kappa shape index (κ3) is 6.18. The van der Waals surface area contributed by atoms with Crippen LogP contribution < -0.4 is 5.73 Å². The van der Waals surface area contributed by atoms with Crippen molar-refractivity contribution in [3.05, 3.63) is 35.9 Å². The molecule has 0 aliphatic heterocycles. The van der Waals surface area contributed by atoms with E-state index >= 15 is 0 Å². The van der Waals surface area contributed by atoms with Crippen LogP contribution >= 0.6 is 0 Å².